The van der Waals surface area contributed by atoms with Crippen LogP contribution in [0.5, 0.6) is 0 Å². The molecule has 2 saturated heterocycles. The molecule has 0 bridgehead atoms. The van der Waals surface area contributed by atoms with Crippen LogP contribution >= 0.6 is 11.8 Å². The first-order valence-electron chi connectivity index (χ1n) is 7.60. The molecule has 118 valence electrons. The summed E-state index contributed by atoms with van der Waals surface area (Å²) in [4.78, 5) is 13.9. The Balaban J connectivity index is 1.69. The molecule has 0 radical (unpaired) electrons. The second-order valence-corrected chi connectivity index (χ2v) is 7.56. The lowest BCUT2D eigenvalue weighted by molar-refractivity contribution is -0.906. The van der Waals surface area contributed by atoms with Crippen molar-refractivity contribution in [2.75, 3.05) is 45.5 Å². The third-order valence-electron chi connectivity index (χ3n) is 4.72. The number of H-pyrrole nitrogens is 1. The largest absolute Gasteiger partial charge is 0.320 e. The number of amides is 1. The number of quaternary nitrogens is 1. The average Bonchev–Trinajstić information content (AvgIpc) is 3.02. The maximum Gasteiger partial charge on any atom is 0.231 e. The minimum absolute atomic E-state index is 0.164. The van der Waals surface area contributed by atoms with Gasteiger partial charge in [-0.15, -0.1) is 22.0 Å². The van der Waals surface area contributed by atoms with Gasteiger partial charge in [0.05, 0.1) is 37.6 Å². The highest BCUT2D eigenvalue weighted by Crippen LogP contribution is 2.43. The molecule has 1 amide bonds. The predicted molar refractivity (Wildman–Crippen MR) is 82.5 cm³/mol. The Labute approximate surface area is 132 Å². The van der Waals surface area contributed by atoms with E-state index in [4.69, 9.17) is 0 Å². The van der Waals surface area contributed by atoms with Gasteiger partial charge in [0.1, 0.15) is 6.54 Å². The summed E-state index contributed by atoms with van der Waals surface area (Å²) < 4.78 is 0.997. The van der Waals surface area contributed by atoms with E-state index in [0.29, 0.717) is 12.2 Å². The number of carbonyl (C=O) groups is 1. The molecule has 4 heterocycles. The molecule has 8 nitrogen and oxygen atoms in total. The van der Waals surface area contributed by atoms with E-state index in [1.165, 1.54) is 5.57 Å². The van der Waals surface area contributed by atoms with Gasteiger partial charge in [0.2, 0.25) is 11.7 Å². The fraction of sp³-hybridized carbons (Fsp3) is 0.692. The topological polar surface area (TPSA) is 86.8 Å². The van der Waals surface area contributed by atoms with Gasteiger partial charge in [-0.25, -0.2) is 0 Å². The number of carbonyl (C=O) groups excluding carboxylic acids is 1. The van der Waals surface area contributed by atoms with E-state index in [1.54, 1.807) is 0 Å². The zero-order chi connectivity index (χ0) is 15.2. The molecule has 0 spiro atoms. The van der Waals surface area contributed by atoms with Gasteiger partial charge in [-0.05, 0) is 5.21 Å². The van der Waals surface area contributed by atoms with Gasteiger partial charge in [0, 0.05) is 24.4 Å². The summed E-state index contributed by atoms with van der Waals surface area (Å²) in [6, 6.07) is 0. The first-order chi connectivity index (χ1) is 10.7. The molecule has 4 rings (SSSR count). The van der Waals surface area contributed by atoms with Crippen LogP contribution in [0.2, 0.25) is 0 Å². The number of nitrogens with one attached hydrogen (secondary N) is 2. The first kappa shape index (κ1) is 14.2. The van der Waals surface area contributed by atoms with Crippen LogP contribution in [0.15, 0.2) is 5.57 Å². The quantitative estimate of drug-likeness (QED) is 0.563. The number of aromatic amines is 1. The van der Waals surface area contributed by atoms with Crippen LogP contribution in [0.25, 0.3) is 5.70 Å². The molecule has 0 aromatic carbocycles. The van der Waals surface area contributed by atoms with Crippen molar-refractivity contribution in [2.24, 2.45) is 0 Å². The molecular formula is C13H20N7OS+. The monoisotopic (exact) mass is 322 g/mol. The van der Waals surface area contributed by atoms with E-state index < -0.39 is 0 Å². The van der Waals surface area contributed by atoms with Crippen LogP contribution in [0.4, 0.5) is 0 Å². The van der Waals surface area contributed by atoms with Gasteiger partial charge in [-0.3, -0.25) is 9.69 Å². The molecule has 0 saturated carbocycles. The van der Waals surface area contributed by atoms with Crippen LogP contribution in [0.3, 0.4) is 0 Å². The van der Waals surface area contributed by atoms with Crippen molar-refractivity contribution >= 4 is 23.4 Å². The maximum atomic E-state index is 12.1. The van der Waals surface area contributed by atoms with Gasteiger partial charge < -0.3 is 9.80 Å². The smallest absolute Gasteiger partial charge is 0.231 e. The minimum atomic E-state index is 0.164. The first-order valence-corrected chi connectivity index (χ1v) is 8.65. The molecule has 22 heavy (non-hydrogen) atoms. The van der Waals surface area contributed by atoms with Crippen LogP contribution in [0.1, 0.15) is 12.2 Å². The van der Waals surface area contributed by atoms with Crippen molar-refractivity contribution in [3.63, 3.8) is 0 Å². The molecule has 3 aliphatic rings. The van der Waals surface area contributed by atoms with Gasteiger partial charge in [0.25, 0.3) is 0 Å². The second-order valence-electron chi connectivity index (χ2n) is 6.40. The van der Waals surface area contributed by atoms with E-state index in [9.17, 15) is 4.79 Å². The highest BCUT2D eigenvalue weighted by molar-refractivity contribution is 8.00. The number of thioether (sulfide) groups is 1. The number of tetrazole rings is 1. The zero-order valence-electron chi connectivity index (χ0n) is 12.6. The van der Waals surface area contributed by atoms with E-state index in [2.05, 4.69) is 33.0 Å². The lowest BCUT2D eigenvalue weighted by atomic mass is 10.1. The fourth-order valence-corrected chi connectivity index (χ4v) is 4.68. The van der Waals surface area contributed by atoms with Crippen LogP contribution in [0, 0.1) is 0 Å². The number of rotatable bonds is 3. The van der Waals surface area contributed by atoms with Gasteiger partial charge in [-0.1, -0.05) is 0 Å². The van der Waals surface area contributed by atoms with Crippen molar-refractivity contribution in [2.45, 2.75) is 11.8 Å². The van der Waals surface area contributed by atoms with Crippen LogP contribution in [-0.4, -0.2) is 86.8 Å². The van der Waals surface area contributed by atoms with E-state index in [-0.39, 0.29) is 11.3 Å². The Morgan fingerprint density at radius 1 is 1.41 bits per heavy atom. The summed E-state index contributed by atoms with van der Waals surface area (Å²) in [5.74, 6) is 1.66. The Bertz CT molecular complexity index is 608. The fourth-order valence-electron chi connectivity index (χ4n) is 3.43. The molecule has 2 N–H and O–H groups in total. The third kappa shape index (κ3) is 2.33. The Morgan fingerprint density at radius 2 is 2.23 bits per heavy atom. The highest BCUT2D eigenvalue weighted by Gasteiger charge is 2.45. The molecule has 2 fully saturated rings. The maximum absolute atomic E-state index is 12.1. The lowest BCUT2D eigenvalue weighted by Crippen LogP contribution is -2.58. The van der Waals surface area contributed by atoms with Crippen LogP contribution < -0.4 is 5.32 Å². The molecule has 3 aliphatic heterocycles. The standard InChI is InChI=1S/C13H20N7OS/c1-20(4-2-14-3-5-20)7-9-8-22-11-6-10(21)19(11)12(9)13-15-17-18-16-13/h11,14H,2-8H2,1H3,(H,15,16,17,18)/q+1/t11-/m1/s1. The van der Waals surface area contributed by atoms with Crippen molar-refractivity contribution < 1.29 is 9.28 Å². The number of likely N-dealkylation sites (N-methyl/N-ethyl adjacent to an activating group) is 1. The molecule has 1 aromatic heterocycles. The third-order valence-corrected chi connectivity index (χ3v) is 6.00. The summed E-state index contributed by atoms with van der Waals surface area (Å²) >= 11 is 1.85. The summed E-state index contributed by atoms with van der Waals surface area (Å²) in [5.41, 5.74) is 2.16. The second kappa shape index (κ2) is 5.32. The van der Waals surface area contributed by atoms with Crippen molar-refractivity contribution in [3.8, 4) is 0 Å². The summed E-state index contributed by atoms with van der Waals surface area (Å²) in [6.07, 6.45) is 0.620. The average molecular weight is 322 g/mol. The number of fused-ring (bicyclic) bond motifs is 1. The molecule has 0 aliphatic carbocycles. The Hall–Kier alpha value is -1.45. The molecule has 0 unspecified atom stereocenters. The molecule has 1 atom stereocenters. The molecular weight excluding hydrogens is 302 g/mol. The minimum Gasteiger partial charge on any atom is -0.320 e. The van der Waals surface area contributed by atoms with E-state index in [0.717, 1.165) is 48.7 Å². The van der Waals surface area contributed by atoms with Crippen LogP contribution in [-0.2, 0) is 4.79 Å². The highest BCUT2D eigenvalue weighted by atomic mass is 32.2. The SMILES string of the molecule is C[N+]1(CC2=C(c3nn[nH]n3)N3C(=O)C[C@H]3SC2)CCNCC1. The van der Waals surface area contributed by atoms with Gasteiger partial charge in [0.15, 0.2) is 0 Å². The molecule has 9 heteroatoms. The van der Waals surface area contributed by atoms with E-state index in [1.807, 2.05) is 16.7 Å². The number of aromatic nitrogens is 4. The number of piperazine rings is 1. The summed E-state index contributed by atoms with van der Waals surface area (Å²) in [5, 5.41) is 18.1. The van der Waals surface area contributed by atoms with Crippen molar-refractivity contribution in [3.05, 3.63) is 11.4 Å². The lowest BCUT2D eigenvalue weighted by Gasteiger charge is -2.46. The molecule has 1 aromatic rings. The number of β-lactam (4-membered cyclic amide) rings is 1. The van der Waals surface area contributed by atoms with Crippen molar-refractivity contribution in [1.82, 2.24) is 30.8 Å². The normalized spacial score (nSPS) is 27.6. The number of nitrogens with zero attached hydrogens (tertiary/aromatic N) is 5. The summed E-state index contributed by atoms with van der Waals surface area (Å²) in [7, 11) is 2.29. The van der Waals surface area contributed by atoms with E-state index >= 15 is 0 Å². The Kier molecular flexibility index (Phi) is 3.43. The number of hydrogen-bond acceptors (Lipinski definition) is 6. The van der Waals surface area contributed by atoms with Gasteiger partial charge >= 0.3 is 0 Å². The summed E-state index contributed by atoms with van der Waals surface area (Å²) in [6.45, 7) is 5.23. The predicted octanol–water partition coefficient (Wildman–Crippen LogP) is -0.734. The number of hydrogen-bond donors (Lipinski definition) is 2. The van der Waals surface area contributed by atoms with Gasteiger partial charge in [-0.2, -0.15) is 5.21 Å². The Morgan fingerprint density at radius 3 is 2.91 bits per heavy atom. The van der Waals surface area contributed by atoms with Crippen molar-refractivity contribution in [1.29, 1.82) is 0 Å². The zero-order valence-corrected chi connectivity index (χ0v) is 13.4.